The lowest BCUT2D eigenvalue weighted by Crippen LogP contribution is -2.44. The number of fused-ring (bicyclic) bond motifs is 2. The molecule has 2 heterocycles. The van der Waals surface area contributed by atoms with E-state index in [2.05, 4.69) is 12.2 Å². The van der Waals surface area contributed by atoms with Gasteiger partial charge in [0.15, 0.2) is 0 Å². The SMILES string of the molecule is CC1CCCC(NC(=O)CC2CCC3CN2C(=O)N3OCc2ccccc2)CC1. The van der Waals surface area contributed by atoms with Gasteiger partial charge < -0.3 is 10.2 Å². The Morgan fingerprint density at radius 1 is 1.10 bits per heavy atom. The van der Waals surface area contributed by atoms with Crippen molar-refractivity contribution >= 4 is 11.9 Å². The van der Waals surface area contributed by atoms with Crippen molar-refractivity contribution in [1.29, 1.82) is 0 Å². The van der Waals surface area contributed by atoms with Crippen molar-refractivity contribution in [3.8, 4) is 0 Å². The lowest BCUT2D eigenvalue weighted by Gasteiger charge is -2.30. The van der Waals surface area contributed by atoms with Gasteiger partial charge in [-0.05, 0) is 43.6 Å². The molecule has 4 rings (SSSR count). The van der Waals surface area contributed by atoms with Gasteiger partial charge in [-0.15, -0.1) is 0 Å². The number of carbonyl (C=O) groups excluding carboxylic acids is 2. The highest BCUT2D eigenvalue weighted by Gasteiger charge is 2.46. The number of amides is 3. The van der Waals surface area contributed by atoms with E-state index < -0.39 is 0 Å². The van der Waals surface area contributed by atoms with E-state index in [0.29, 0.717) is 25.6 Å². The third kappa shape index (κ3) is 4.92. The molecular formula is C23H33N3O3. The minimum absolute atomic E-state index is 0.0197. The van der Waals surface area contributed by atoms with Gasteiger partial charge >= 0.3 is 6.03 Å². The van der Waals surface area contributed by atoms with Gasteiger partial charge in [0.2, 0.25) is 5.91 Å². The first-order valence-corrected chi connectivity index (χ1v) is 11.2. The Morgan fingerprint density at radius 3 is 2.76 bits per heavy atom. The van der Waals surface area contributed by atoms with Crippen LogP contribution >= 0.6 is 0 Å². The van der Waals surface area contributed by atoms with Crippen molar-refractivity contribution in [1.82, 2.24) is 15.3 Å². The molecule has 3 amide bonds. The van der Waals surface area contributed by atoms with Gasteiger partial charge in [-0.2, -0.15) is 5.06 Å². The van der Waals surface area contributed by atoms with Crippen LogP contribution < -0.4 is 5.32 Å². The van der Waals surface area contributed by atoms with Crippen LogP contribution in [-0.2, 0) is 16.2 Å². The lowest BCUT2D eigenvalue weighted by atomic mass is 9.97. The van der Waals surface area contributed by atoms with E-state index in [1.54, 1.807) is 0 Å². The second-order valence-corrected chi connectivity index (χ2v) is 8.99. The fourth-order valence-electron chi connectivity index (χ4n) is 4.94. The molecule has 1 aromatic carbocycles. The molecule has 2 aliphatic heterocycles. The Kier molecular flexibility index (Phi) is 6.38. The molecule has 2 saturated heterocycles. The number of nitrogens with one attached hydrogen (secondary N) is 1. The highest BCUT2D eigenvalue weighted by molar-refractivity contribution is 5.80. The first-order chi connectivity index (χ1) is 14.1. The Hall–Kier alpha value is -2.08. The molecule has 0 radical (unpaired) electrons. The summed E-state index contributed by atoms with van der Waals surface area (Å²) in [7, 11) is 0. The molecule has 0 spiro atoms. The van der Waals surface area contributed by atoms with Crippen LogP contribution in [-0.4, -0.2) is 46.6 Å². The predicted octanol–water partition coefficient (Wildman–Crippen LogP) is 3.86. The van der Waals surface area contributed by atoms with Gasteiger partial charge in [0, 0.05) is 25.0 Å². The molecule has 1 aromatic rings. The topological polar surface area (TPSA) is 61.9 Å². The highest BCUT2D eigenvalue weighted by Crippen LogP contribution is 2.32. The standard InChI is InChI=1S/C23H33N3O3/c1-17-6-5-9-19(11-10-17)24-22(27)14-20-12-13-21-15-25(20)23(28)26(21)29-16-18-7-3-2-4-8-18/h2-4,7-8,17,19-21H,5-6,9-16H2,1H3,(H,24,27). The molecule has 0 aromatic heterocycles. The maximum Gasteiger partial charge on any atom is 0.344 e. The van der Waals surface area contributed by atoms with Crippen LogP contribution in [0.25, 0.3) is 0 Å². The van der Waals surface area contributed by atoms with Crippen LogP contribution in [0.3, 0.4) is 0 Å². The minimum Gasteiger partial charge on any atom is -0.353 e. The van der Waals surface area contributed by atoms with Crippen molar-refractivity contribution < 1.29 is 14.4 Å². The van der Waals surface area contributed by atoms with Gasteiger partial charge in [0.25, 0.3) is 0 Å². The molecule has 3 fully saturated rings. The zero-order chi connectivity index (χ0) is 20.2. The van der Waals surface area contributed by atoms with E-state index in [1.165, 1.54) is 24.3 Å². The average molecular weight is 400 g/mol. The van der Waals surface area contributed by atoms with E-state index in [9.17, 15) is 9.59 Å². The Morgan fingerprint density at radius 2 is 1.93 bits per heavy atom. The van der Waals surface area contributed by atoms with E-state index in [4.69, 9.17) is 4.84 Å². The third-order valence-electron chi connectivity index (χ3n) is 6.70. The number of rotatable bonds is 6. The predicted molar refractivity (Wildman–Crippen MR) is 111 cm³/mol. The van der Waals surface area contributed by atoms with Crippen molar-refractivity contribution in [2.24, 2.45) is 5.92 Å². The second-order valence-electron chi connectivity index (χ2n) is 8.99. The highest BCUT2D eigenvalue weighted by atomic mass is 16.7. The summed E-state index contributed by atoms with van der Waals surface area (Å²) < 4.78 is 0. The normalized spacial score (nSPS) is 29.6. The molecule has 4 unspecified atom stereocenters. The summed E-state index contributed by atoms with van der Waals surface area (Å²) in [4.78, 5) is 33.2. The van der Waals surface area contributed by atoms with Crippen LogP contribution in [0.5, 0.6) is 0 Å². The zero-order valence-electron chi connectivity index (χ0n) is 17.4. The summed E-state index contributed by atoms with van der Waals surface area (Å²) in [5.41, 5.74) is 1.05. The van der Waals surface area contributed by atoms with E-state index in [0.717, 1.165) is 37.2 Å². The monoisotopic (exact) mass is 399 g/mol. The maximum atomic E-state index is 12.9. The molecule has 1 N–H and O–H groups in total. The number of hydrogen-bond acceptors (Lipinski definition) is 3. The number of hydroxylamine groups is 2. The molecule has 3 aliphatic rings. The van der Waals surface area contributed by atoms with Crippen LogP contribution in [0.1, 0.15) is 63.9 Å². The summed E-state index contributed by atoms with van der Waals surface area (Å²) in [6.45, 7) is 3.35. The molecule has 6 nitrogen and oxygen atoms in total. The average Bonchev–Trinajstić information content (AvgIpc) is 2.83. The maximum absolute atomic E-state index is 12.9. The molecule has 158 valence electrons. The number of piperidine rings is 1. The number of urea groups is 1. The van der Waals surface area contributed by atoms with Gasteiger partial charge in [0.05, 0.1) is 6.04 Å². The summed E-state index contributed by atoms with van der Waals surface area (Å²) in [5.74, 6) is 0.848. The number of hydrogen-bond donors (Lipinski definition) is 1. The van der Waals surface area contributed by atoms with Crippen molar-refractivity contribution in [3.63, 3.8) is 0 Å². The number of nitrogens with zero attached hydrogens (tertiary/aromatic N) is 2. The van der Waals surface area contributed by atoms with E-state index in [-0.39, 0.29) is 24.0 Å². The van der Waals surface area contributed by atoms with Crippen LogP contribution in [0.4, 0.5) is 4.79 Å². The van der Waals surface area contributed by atoms with Crippen LogP contribution in [0.15, 0.2) is 30.3 Å². The molecule has 4 atom stereocenters. The number of carbonyl (C=O) groups is 2. The van der Waals surface area contributed by atoms with E-state index in [1.807, 2.05) is 35.2 Å². The molecule has 2 bridgehead atoms. The Bertz CT molecular complexity index is 711. The molecule has 1 saturated carbocycles. The van der Waals surface area contributed by atoms with Crippen molar-refractivity contribution in [2.45, 2.75) is 83.0 Å². The smallest absolute Gasteiger partial charge is 0.344 e. The lowest BCUT2D eigenvalue weighted by molar-refractivity contribution is -0.140. The summed E-state index contributed by atoms with van der Waals surface area (Å²) >= 11 is 0. The van der Waals surface area contributed by atoms with Crippen molar-refractivity contribution in [3.05, 3.63) is 35.9 Å². The van der Waals surface area contributed by atoms with Gasteiger partial charge in [-0.1, -0.05) is 50.1 Å². The molecule has 29 heavy (non-hydrogen) atoms. The van der Waals surface area contributed by atoms with Gasteiger partial charge in [-0.25, -0.2) is 4.79 Å². The van der Waals surface area contributed by atoms with Gasteiger partial charge in [-0.3, -0.25) is 9.63 Å². The van der Waals surface area contributed by atoms with Crippen LogP contribution in [0.2, 0.25) is 0 Å². The quantitative estimate of drug-likeness (QED) is 0.739. The minimum atomic E-state index is -0.0930. The number of benzene rings is 1. The Labute approximate surface area is 173 Å². The van der Waals surface area contributed by atoms with Crippen molar-refractivity contribution in [2.75, 3.05) is 6.54 Å². The first-order valence-electron chi connectivity index (χ1n) is 11.2. The van der Waals surface area contributed by atoms with E-state index >= 15 is 0 Å². The van der Waals surface area contributed by atoms with Gasteiger partial charge in [0.1, 0.15) is 6.61 Å². The largest absolute Gasteiger partial charge is 0.353 e. The first kappa shape index (κ1) is 20.2. The molecule has 1 aliphatic carbocycles. The fourth-order valence-corrected chi connectivity index (χ4v) is 4.94. The fraction of sp³-hybridized carbons (Fsp3) is 0.652. The molecule has 6 heteroatoms. The summed E-state index contributed by atoms with van der Waals surface area (Å²) in [6, 6.07) is 10.2. The molecular weight excluding hydrogens is 366 g/mol. The zero-order valence-corrected chi connectivity index (χ0v) is 17.4. The Balaban J connectivity index is 1.28. The summed E-state index contributed by atoms with van der Waals surface area (Å²) in [6.07, 6.45) is 7.93. The third-order valence-corrected chi connectivity index (χ3v) is 6.70. The van der Waals surface area contributed by atoms with Crippen LogP contribution in [0, 0.1) is 5.92 Å². The summed E-state index contributed by atoms with van der Waals surface area (Å²) in [5, 5.41) is 4.78. The second kappa shape index (κ2) is 9.16.